The molecule has 0 saturated carbocycles. The minimum atomic E-state index is -0.285. The van der Waals surface area contributed by atoms with Crippen LogP contribution in [0.15, 0.2) is 35.3 Å². The number of nitrogens with one attached hydrogen (secondary N) is 1. The molecule has 122 valence electrons. The maximum Gasteiger partial charge on any atom is 0.146 e. The lowest BCUT2D eigenvalue weighted by Gasteiger charge is -2.14. The fourth-order valence-electron chi connectivity index (χ4n) is 2.07. The highest BCUT2D eigenvalue weighted by Crippen LogP contribution is 2.33. The topological polar surface area (TPSA) is 27.6 Å². The maximum absolute atomic E-state index is 14.0. The minimum Gasteiger partial charge on any atom is -0.366 e. The molecule has 2 aromatic rings. The van der Waals surface area contributed by atoms with E-state index in [1.165, 1.54) is 6.07 Å². The number of hydrogen-bond acceptors (Lipinski definition) is 2. The maximum atomic E-state index is 14.0. The number of anilines is 2. The molecule has 0 fully saturated rings. The van der Waals surface area contributed by atoms with E-state index < -0.39 is 0 Å². The van der Waals surface area contributed by atoms with Gasteiger partial charge in [0.25, 0.3) is 0 Å². The van der Waals surface area contributed by atoms with Gasteiger partial charge in [-0.1, -0.05) is 23.7 Å². The number of aryl methyl sites for hydroxylation is 2. The molecule has 0 radical (unpaired) electrons. The van der Waals surface area contributed by atoms with Crippen LogP contribution in [-0.2, 0) is 0 Å². The number of halogens is 2. The van der Waals surface area contributed by atoms with Crippen molar-refractivity contribution in [2.75, 3.05) is 18.9 Å². The average molecular weight is 334 g/mol. The minimum absolute atomic E-state index is 0.285. The standard InChI is InChI=1S/C18H21ClFN3/c1-5-23(4)11-21-17-9-13(3)16(10-14(17)19)22-18-12(2)7-6-8-15(18)20/h6-11,22H,5H2,1-4H3. The zero-order valence-corrected chi connectivity index (χ0v) is 14.6. The van der Waals surface area contributed by atoms with Gasteiger partial charge < -0.3 is 10.2 Å². The molecule has 5 heteroatoms. The van der Waals surface area contributed by atoms with Crippen molar-refractivity contribution in [2.24, 2.45) is 4.99 Å². The summed E-state index contributed by atoms with van der Waals surface area (Å²) in [5.41, 5.74) is 3.72. The van der Waals surface area contributed by atoms with Gasteiger partial charge in [-0.3, -0.25) is 0 Å². The molecule has 0 saturated heterocycles. The highest BCUT2D eigenvalue weighted by Gasteiger charge is 2.10. The average Bonchev–Trinajstić information content (AvgIpc) is 2.52. The van der Waals surface area contributed by atoms with E-state index in [0.717, 1.165) is 23.4 Å². The molecule has 0 spiro atoms. The Morgan fingerprint density at radius 1 is 1.26 bits per heavy atom. The van der Waals surface area contributed by atoms with Crippen LogP contribution in [0.3, 0.4) is 0 Å². The van der Waals surface area contributed by atoms with E-state index in [1.54, 1.807) is 18.5 Å². The van der Waals surface area contributed by atoms with E-state index in [-0.39, 0.29) is 5.82 Å². The third-order valence-electron chi connectivity index (χ3n) is 3.67. The molecule has 23 heavy (non-hydrogen) atoms. The number of para-hydroxylation sites is 1. The first-order chi connectivity index (χ1) is 10.9. The lowest BCUT2D eigenvalue weighted by atomic mass is 10.1. The van der Waals surface area contributed by atoms with Crippen molar-refractivity contribution < 1.29 is 4.39 Å². The number of benzene rings is 2. The van der Waals surface area contributed by atoms with Crippen LogP contribution in [-0.4, -0.2) is 24.8 Å². The van der Waals surface area contributed by atoms with Crippen molar-refractivity contribution in [3.8, 4) is 0 Å². The van der Waals surface area contributed by atoms with Gasteiger partial charge in [-0.15, -0.1) is 0 Å². The third-order valence-corrected chi connectivity index (χ3v) is 3.97. The summed E-state index contributed by atoms with van der Waals surface area (Å²) in [4.78, 5) is 6.35. The van der Waals surface area contributed by atoms with Crippen LogP contribution in [0.25, 0.3) is 0 Å². The summed E-state index contributed by atoms with van der Waals surface area (Å²) in [5, 5.41) is 3.65. The summed E-state index contributed by atoms with van der Waals surface area (Å²) in [7, 11) is 1.95. The molecule has 0 aromatic heterocycles. The number of nitrogens with zero attached hydrogens (tertiary/aromatic N) is 2. The summed E-state index contributed by atoms with van der Waals surface area (Å²) in [5.74, 6) is -0.285. The van der Waals surface area contributed by atoms with Gasteiger partial charge in [0.15, 0.2) is 0 Å². The second kappa shape index (κ2) is 7.47. The number of rotatable bonds is 5. The summed E-state index contributed by atoms with van der Waals surface area (Å²) in [6.07, 6.45) is 1.74. The Balaban J connectivity index is 2.32. The van der Waals surface area contributed by atoms with Crippen LogP contribution in [0.4, 0.5) is 21.5 Å². The zero-order chi connectivity index (χ0) is 17.0. The Morgan fingerprint density at radius 2 is 2.00 bits per heavy atom. The van der Waals surface area contributed by atoms with Gasteiger partial charge in [-0.25, -0.2) is 9.38 Å². The first-order valence-corrected chi connectivity index (χ1v) is 7.87. The van der Waals surface area contributed by atoms with Gasteiger partial charge in [-0.2, -0.15) is 0 Å². The Morgan fingerprint density at radius 3 is 2.65 bits per heavy atom. The predicted octanol–water partition coefficient (Wildman–Crippen LogP) is 5.45. The largest absolute Gasteiger partial charge is 0.366 e. The van der Waals surface area contributed by atoms with Crippen molar-refractivity contribution in [3.05, 3.63) is 52.3 Å². The van der Waals surface area contributed by atoms with E-state index in [1.807, 2.05) is 44.9 Å². The quantitative estimate of drug-likeness (QED) is 0.582. The lowest BCUT2D eigenvalue weighted by Crippen LogP contribution is -2.14. The highest BCUT2D eigenvalue weighted by molar-refractivity contribution is 6.33. The van der Waals surface area contributed by atoms with E-state index in [2.05, 4.69) is 10.3 Å². The third kappa shape index (κ3) is 4.23. The van der Waals surface area contributed by atoms with Crippen LogP contribution < -0.4 is 5.32 Å². The fraction of sp³-hybridized carbons (Fsp3) is 0.278. The normalized spacial score (nSPS) is 11.0. The van der Waals surface area contributed by atoms with E-state index in [9.17, 15) is 4.39 Å². The Kier molecular flexibility index (Phi) is 5.61. The van der Waals surface area contributed by atoms with Crippen molar-refractivity contribution >= 4 is 35.0 Å². The summed E-state index contributed by atoms with van der Waals surface area (Å²) >= 11 is 6.31. The molecule has 0 aliphatic carbocycles. The molecule has 0 bridgehead atoms. The first-order valence-electron chi connectivity index (χ1n) is 7.49. The van der Waals surface area contributed by atoms with Crippen molar-refractivity contribution in [2.45, 2.75) is 20.8 Å². The Hall–Kier alpha value is -2.07. The van der Waals surface area contributed by atoms with Gasteiger partial charge in [0, 0.05) is 19.3 Å². The van der Waals surface area contributed by atoms with Crippen LogP contribution in [0.2, 0.25) is 5.02 Å². The van der Waals surface area contributed by atoms with Crippen molar-refractivity contribution in [1.29, 1.82) is 0 Å². The van der Waals surface area contributed by atoms with Crippen LogP contribution in [0, 0.1) is 19.7 Å². The van der Waals surface area contributed by atoms with Gasteiger partial charge in [0.2, 0.25) is 0 Å². The van der Waals surface area contributed by atoms with Crippen molar-refractivity contribution in [1.82, 2.24) is 4.90 Å². The molecular weight excluding hydrogens is 313 g/mol. The summed E-state index contributed by atoms with van der Waals surface area (Å²) in [6, 6.07) is 8.66. The van der Waals surface area contributed by atoms with E-state index in [4.69, 9.17) is 11.6 Å². The molecule has 1 N–H and O–H groups in total. The molecular formula is C18H21ClFN3. The molecule has 0 aliphatic heterocycles. The number of hydrogen-bond donors (Lipinski definition) is 1. The molecule has 3 nitrogen and oxygen atoms in total. The summed E-state index contributed by atoms with van der Waals surface area (Å²) in [6.45, 7) is 6.72. The fourth-order valence-corrected chi connectivity index (χ4v) is 2.28. The second-order valence-electron chi connectivity index (χ2n) is 5.49. The molecule has 0 amide bonds. The van der Waals surface area contributed by atoms with E-state index in [0.29, 0.717) is 16.4 Å². The monoisotopic (exact) mass is 333 g/mol. The highest BCUT2D eigenvalue weighted by atomic mass is 35.5. The second-order valence-corrected chi connectivity index (χ2v) is 5.90. The Bertz CT molecular complexity index is 708. The molecule has 2 aromatic carbocycles. The SMILES string of the molecule is CCN(C)C=Nc1cc(C)c(Nc2c(C)cccc2F)cc1Cl. The van der Waals surface area contributed by atoms with Crippen LogP contribution in [0.5, 0.6) is 0 Å². The molecule has 0 aliphatic rings. The zero-order valence-electron chi connectivity index (χ0n) is 13.8. The van der Waals surface area contributed by atoms with E-state index >= 15 is 0 Å². The van der Waals surface area contributed by atoms with Crippen LogP contribution >= 0.6 is 11.6 Å². The molecule has 2 rings (SSSR count). The Labute approximate surface area is 141 Å². The molecule has 0 heterocycles. The lowest BCUT2D eigenvalue weighted by molar-refractivity contribution is 0.552. The summed E-state index contributed by atoms with van der Waals surface area (Å²) < 4.78 is 14.0. The van der Waals surface area contributed by atoms with Gasteiger partial charge in [-0.05, 0) is 50.1 Å². The van der Waals surface area contributed by atoms with Gasteiger partial charge in [0.05, 0.1) is 22.7 Å². The predicted molar refractivity (Wildman–Crippen MR) is 97.1 cm³/mol. The van der Waals surface area contributed by atoms with Crippen LogP contribution in [0.1, 0.15) is 18.1 Å². The molecule has 0 unspecified atom stereocenters. The van der Waals surface area contributed by atoms with Crippen molar-refractivity contribution in [3.63, 3.8) is 0 Å². The molecule has 0 atom stereocenters. The van der Waals surface area contributed by atoms with Gasteiger partial charge in [0.1, 0.15) is 5.82 Å². The first kappa shape index (κ1) is 17.3. The number of aliphatic imine (C=N–C) groups is 1. The smallest absolute Gasteiger partial charge is 0.146 e. The van der Waals surface area contributed by atoms with Gasteiger partial charge >= 0.3 is 0 Å².